The second-order valence-corrected chi connectivity index (χ2v) is 6.01. The van der Waals surface area contributed by atoms with Crippen molar-refractivity contribution in [2.45, 2.75) is 37.5 Å². The Bertz CT molecular complexity index is 324. The van der Waals surface area contributed by atoms with Crippen molar-refractivity contribution in [1.29, 1.82) is 0 Å². The Morgan fingerprint density at radius 2 is 1.90 bits per heavy atom. The van der Waals surface area contributed by atoms with Gasteiger partial charge in [-0.05, 0) is 45.6 Å². The molecule has 0 aromatic rings. The minimum Gasteiger partial charge on any atom is -0.480 e. The predicted molar refractivity (Wildman–Crippen MR) is 88.1 cm³/mol. The van der Waals surface area contributed by atoms with Gasteiger partial charge < -0.3 is 25.8 Å². The van der Waals surface area contributed by atoms with Crippen molar-refractivity contribution in [2.75, 3.05) is 20.6 Å². The third kappa shape index (κ3) is 6.71. The van der Waals surface area contributed by atoms with Crippen molar-refractivity contribution in [3.63, 3.8) is 0 Å². The fraction of sp³-hybridized carbons (Fsp3) is 0.917. The largest absolute Gasteiger partial charge is 0.480 e. The van der Waals surface area contributed by atoms with Crippen LogP contribution >= 0.6 is 24.8 Å². The first-order valence-corrected chi connectivity index (χ1v) is 6.79. The molecule has 0 aromatic carbocycles. The number of carbonyl (C=O) groups is 1. The van der Waals surface area contributed by atoms with Gasteiger partial charge in [0.15, 0.2) is 0 Å². The van der Waals surface area contributed by atoms with Crippen LogP contribution in [0.15, 0.2) is 0 Å². The molecule has 1 fully saturated rings. The normalized spacial score (nSPS) is 28.5. The first-order chi connectivity index (χ1) is 8.75. The number of nitrogens with two attached hydrogens (primary N) is 1. The highest BCUT2D eigenvalue weighted by molar-refractivity contribution is 6.40. The van der Waals surface area contributed by atoms with E-state index in [9.17, 15) is 9.90 Å². The van der Waals surface area contributed by atoms with Crippen LogP contribution in [-0.4, -0.2) is 59.3 Å². The number of carboxylic acid groups (broad SMARTS) is 1. The molecule has 0 aliphatic heterocycles. The Labute approximate surface area is 139 Å². The molecule has 5 N–H and O–H groups in total. The number of nitrogens with zero attached hydrogens (tertiary/aromatic N) is 1. The third-order valence-corrected chi connectivity index (χ3v) is 4.10. The zero-order valence-corrected chi connectivity index (χ0v) is 14.2. The van der Waals surface area contributed by atoms with E-state index in [4.69, 9.17) is 15.8 Å². The van der Waals surface area contributed by atoms with E-state index in [1.54, 1.807) is 0 Å². The summed E-state index contributed by atoms with van der Waals surface area (Å²) in [6.45, 7) is 0.665. The molecule has 0 spiro atoms. The van der Waals surface area contributed by atoms with E-state index >= 15 is 0 Å². The molecule has 0 saturated heterocycles. The number of aliphatic carboxylic acids is 1. The van der Waals surface area contributed by atoms with Crippen LogP contribution in [0.1, 0.15) is 25.7 Å². The summed E-state index contributed by atoms with van der Waals surface area (Å²) >= 11 is 0. The van der Waals surface area contributed by atoms with Crippen LogP contribution in [-0.2, 0) is 4.79 Å². The second kappa shape index (κ2) is 9.87. The standard InChI is InChI=1S/C12H25BN2O4.2ClH/c1-15(2)8-10-4-3-9(5-6-13(18)19)7-12(10,14)11(16)17;;/h9-10,18-19H,3-8,14H2,1-2H3,(H,16,17);2*1H/t9-,10+,12+;;/m0../s1. The maximum atomic E-state index is 11.5. The molecule has 0 radical (unpaired) electrons. The maximum Gasteiger partial charge on any atom is 0.451 e. The van der Waals surface area contributed by atoms with Gasteiger partial charge in [-0.3, -0.25) is 4.79 Å². The van der Waals surface area contributed by atoms with Crippen molar-refractivity contribution in [1.82, 2.24) is 4.90 Å². The van der Waals surface area contributed by atoms with Gasteiger partial charge in [0.1, 0.15) is 5.54 Å². The molecule has 0 unspecified atom stereocenters. The van der Waals surface area contributed by atoms with Crippen LogP contribution in [0.25, 0.3) is 0 Å². The lowest BCUT2D eigenvalue weighted by Crippen LogP contribution is -2.59. The van der Waals surface area contributed by atoms with Crippen molar-refractivity contribution < 1.29 is 19.9 Å². The minimum absolute atomic E-state index is 0. The van der Waals surface area contributed by atoms with E-state index in [2.05, 4.69) is 0 Å². The van der Waals surface area contributed by atoms with Crippen LogP contribution < -0.4 is 5.73 Å². The molecule has 1 aliphatic rings. The van der Waals surface area contributed by atoms with Crippen molar-refractivity contribution >= 4 is 37.9 Å². The van der Waals surface area contributed by atoms with Gasteiger partial charge in [0.2, 0.25) is 0 Å². The van der Waals surface area contributed by atoms with Crippen molar-refractivity contribution in [2.24, 2.45) is 17.6 Å². The molecular weight excluding hydrogens is 318 g/mol. The highest BCUT2D eigenvalue weighted by atomic mass is 35.5. The molecule has 1 aliphatic carbocycles. The fourth-order valence-electron chi connectivity index (χ4n) is 3.03. The molecule has 6 nitrogen and oxygen atoms in total. The topological polar surface area (TPSA) is 107 Å². The average Bonchev–Trinajstić information content (AvgIpc) is 2.29. The van der Waals surface area contributed by atoms with Crippen molar-refractivity contribution in [3.8, 4) is 0 Å². The van der Waals surface area contributed by atoms with E-state index < -0.39 is 18.6 Å². The average molecular weight is 345 g/mol. The van der Waals surface area contributed by atoms with Gasteiger partial charge in [0.05, 0.1) is 0 Å². The Kier molecular flexibility index (Phi) is 10.9. The summed E-state index contributed by atoms with van der Waals surface area (Å²) < 4.78 is 0. The van der Waals surface area contributed by atoms with Crippen LogP contribution in [0.2, 0.25) is 6.32 Å². The number of hydrogen-bond donors (Lipinski definition) is 4. The van der Waals surface area contributed by atoms with Gasteiger partial charge in [0, 0.05) is 12.5 Å². The lowest BCUT2D eigenvalue weighted by atomic mass is 9.66. The monoisotopic (exact) mass is 344 g/mol. The predicted octanol–water partition coefficient (Wildman–Crippen LogP) is 0.453. The molecule has 21 heavy (non-hydrogen) atoms. The van der Waals surface area contributed by atoms with Gasteiger partial charge in [-0.1, -0.05) is 6.42 Å². The Balaban J connectivity index is 0. The van der Waals surface area contributed by atoms with Crippen molar-refractivity contribution in [3.05, 3.63) is 0 Å². The van der Waals surface area contributed by atoms with Crippen LogP contribution in [0.3, 0.4) is 0 Å². The van der Waals surface area contributed by atoms with Gasteiger partial charge in [0.25, 0.3) is 0 Å². The van der Waals surface area contributed by atoms with E-state index in [0.717, 1.165) is 12.8 Å². The number of hydrogen-bond acceptors (Lipinski definition) is 5. The van der Waals surface area contributed by atoms with Gasteiger partial charge in [-0.2, -0.15) is 0 Å². The summed E-state index contributed by atoms with van der Waals surface area (Å²) in [6, 6.07) is 0. The summed E-state index contributed by atoms with van der Waals surface area (Å²) in [5, 5.41) is 27.2. The van der Waals surface area contributed by atoms with Gasteiger partial charge in [-0.25, -0.2) is 0 Å². The van der Waals surface area contributed by atoms with Crippen LogP contribution in [0.5, 0.6) is 0 Å². The SMILES string of the molecule is CN(C)C[C@H]1CC[C@@H](CCB(O)O)C[C@]1(N)C(=O)O.Cl.Cl. The molecule has 126 valence electrons. The number of rotatable bonds is 6. The Morgan fingerprint density at radius 1 is 1.33 bits per heavy atom. The van der Waals surface area contributed by atoms with Gasteiger partial charge in [-0.15, -0.1) is 24.8 Å². The summed E-state index contributed by atoms with van der Waals surface area (Å²) in [6.07, 6.45) is 2.97. The zero-order valence-electron chi connectivity index (χ0n) is 12.6. The minimum atomic E-state index is -1.32. The second-order valence-electron chi connectivity index (χ2n) is 6.01. The fourth-order valence-corrected chi connectivity index (χ4v) is 3.03. The molecule has 1 rings (SSSR count). The molecule has 0 amide bonds. The molecule has 0 aromatic heterocycles. The summed E-state index contributed by atoms with van der Waals surface area (Å²) in [4.78, 5) is 13.5. The lowest BCUT2D eigenvalue weighted by Gasteiger charge is -2.42. The number of carboxylic acids is 1. The molecule has 9 heteroatoms. The smallest absolute Gasteiger partial charge is 0.451 e. The quantitative estimate of drug-likeness (QED) is 0.521. The van der Waals surface area contributed by atoms with Crippen LogP contribution in [0, 0.1) is 11.8 Å². The first kappa shape index (κ1) is 23.2. The van der Waals surface area contributed by atoms with Gasteiger partial charge >= 0.3 is 13.1 Å². The third-order valence-electron chi connectivity index (χ3n) is 4.10. The van der Waals surface area contributed by atoms with E-state index in [0.29, 0.717) is 19.4 Å². The molecule has 3 atom stereocenters. The Hall–Kier alpha value is -0.0451. The Morgan fingerprint density at radius 3 is 2.33 bits per heavy atom. The van der Waals surface area contributed by atoms with Crippen LogP contribution in [0.4, 0.5) is 0 Å². The highest BCUT2D eigenvalue weighted by Gasteiger charge is 2.46. The lowest BCUT2D eigenvalue weighted by molar-refractivity contribution is -0.148. The number of halogens is 2. The summed E-state index contributed by atoms with van der Waals surface area (Å²) in [5.41, 5.74) is 4.94. The molecule has 0 heterocycles. The zero-order chi connectivity index (χ0) is 14.6. The molecular formula is C12H27BCl2N2O4. The first-order valence-electron chi connectivity index (χ1n) is 6.79. The maximum absolute atomic E-state index is 11.5. The summed E-state index contributed by atoms with van der Waals surface area (Å²) in [5.74, 6) is -0.856. The van der Waals surface area contributed by atoms with E-state index in [1.165, 1.54) is 0 Å². The summed E-state index contributed by atoms with van der Waals surface area (Å²) in [7, 11) is 2.50. The van der Waals surface area contributed by atoms with E-state index in [-0.39, 0.29) is 43.0 Å². The molecule has 0 bridgehead atoms. The molecule has 1 saturated carbocycles. The highest BCUT2D eigenvalue weighted by Crippen LogP contribution is 2.38. The van der Waals surface area contributed by atoms with E-state index in [1.807, 2.05) is 19.0 Å².